The molecule has 7 nitrogen and oxygen atoms in total. The van der Waals surface area contributed by atoms with Gasteiger partial charge in [-0.1, -0.05) is 6.07 Å². The fraction of sp³-hybridized carbons (Fsp3) is 0.125. The Morgan fingerprint density at radius 2 is 1.96 bits per heavy atom. The topological polar surface area (TPSA) is 97.0 Å². The molecule has 3 aromatic rings. The van der Waals surface area contributed by atoms with Crippen LogP contribution in [0.3, 0.4) is 0 Å². The van der Waals surface area contributed by atoms with E-state index < -0.39 is 23.7 Å². The van der Waals surface area contributed by atoms with Crippen LogP contribution >= 0.6 is 0 Å². The minimum Gasteiger partial charge on any atom is -0.465 e. The molecule has 0 fully saturated rings. The van der Waals surface area contributed by atoms with Crippen LogP contribution in [-0.2, 0) is 10.9 Å². The number of amides is 1. The molecule has 0 saturated carbocycles. The number of esters is 1. The van der Waals surface area contributed by atoms with E-state index in [9.17, 15) is 22.8 Å². The van der Waals surface area contributed by atoms with E-state index in [2.05, 4.69) is 25.0 Å². The average Bonchev–Trinajstić information content (AvgIpc) is 3.02. The van der Waals surface area contributed by atoms with Crippen molar-refractivity contribution < 1.29 is 27.5 Å². The highest BCUT2D eigenvalue weighted by Crippen LogP contribution is 2.27. The van der Waals surface area contributed by atoms with Crippen LogP contribution in [0.15, 0.2) is 36.5 Å². The number of ether oxygens (including phenoxy) is 1. The summed E-state index contributed by atoms with van der Waals surface area (Å²) in [5, 5.41) is 2.41. The van der Waals surface area contributed by atoms with Crippen molar-refractivity contribution in [2.45, 2.75) is 6.18 Å². The second-order valence-electron chi connectivity index (χ2n) is 5.16. The summed E-state index contributed by atoms with van der Waals surface area (Å²) in [7, 11) is 1.23. The summed E-state index contributed by atoms with van der Waals surface area (Å²) in [4.78, 5) is 34.0. The van der Waals surface area contributed by atoms with E-state index in [-0.39, 0.29) is 17.1 Å². The van der Waals surface area contributed by atoms with E-state index in [0.717, 1.165) is 12.3 Å². The molecule has 3 rings (SSSR count). The van der Waals surface area contributed by atoms with E-state index in [1.165, 1.54) is 13.2 Å². The molecule has 0 atom stereocenters. The van der Waals surface area contributed by atoms with Gasteiger partial charge in [0.15, 0.2) is 0 Å². The number of para-hydroxylation sites is 1. The van der Waals surface area contributed by atoms with Crippen molar-refractivity contribution in [2.24, 2.45) is 0 Å². The highest BCUT2D eigenvalue weighted by molar-refractivity contribution is 6.05. The molecule has 0 radical (unpaired) electrons. The van der Waals surface area contributed by atoms with E-state index >= 15 is 0 Å². The first kappa shape index (κ1) is 17.4. The molecule has 1 amide bonds. The lowest BCUT2D eigenvalue weighted by molar-refractivity contribution is -0.141. The predicted molar refractivity (Wildman–Crippen MR) is 84.6 cm³/mol. The van der Waals surface area contributed by atoms with Crippen molar-refractivity contribution in [3.05, 3.63) is 53.3 Å². The normalized spacial score (nSPS) is 11.4. The first-order valence-corrected chi connectivity index (χ1v) is 7.21. The molecule has 10 heteroatoms. The number of methoxy groups -OCH3 is 1. The Labute approximate surface area is 144 Å². The number of benzene rings is 1. The number of pyridine rings is 1. The largest absolute Gasteiger partial charge is 0.465 e. The molecule has 2 N–H and O–H groups in total. The first-order chi connectivity index (χ1) is 12.3. The molecular formula is C16H11F3N4O3. The van der Waals surface area contributed by atoms with Crippen molar-refractivity contribution in [1.29, 1.82) is 0 Å². The number of hydrogen-bond acceptors (Lipinski definition) is 5. The molecule has 0 bridgehead atoms. The van der Waals surface area contributed by atoms with E-state index in [1.807, 2.05) is 0 Å². The third-order valence-corrected chi connectivity index (χ3v) is 3.47. The van der Waals surface area contributed by atoms with Gasteiger partial charge in [0.1, 0.15) is 11.2 Å². The van der Waals surface area contributed by atoms with Gasteiger partial charge in [0.05, 0.1) is 23.8 Å². The Morgan fingerprint density at radius 3 is 2.58 bits per heavy atom. The summed E-state index contributed by atoms with van der Waals surface area (Å²) in [6.07, 6.45) is -3.77. The lowest BCUT2D eigenvalue weighted by atomic mass is 10.2. The van der Waals surface area contributed by atoms with Gasteiger partial charge in [0.25, 0.3) is 5.91 Å². The number of fused-ring (bicyclic) bond motifs is 1. The molecule has 0 aliphatic carbocycles. The molecule has 0 aliphatic heterocycles. The van der Waals surface area contributed by atoms with Gasteiger partial charge in [-0.15, -0.1) is 0 Å². The summed E-state index contributed by atoms with van der Waals surface area (Å²) in [5.41, 5.74) is -0.195. The van der Waals surface area contributed by atoms with Gasteiger partial charge in [0, 0.05) is 6.20 Å². The lowest BCUT2D eigenvalue weighted by Crippen LogP contribution is -2.15. The maximum atomic E-state index is 12.5. The number of anilines is 1. The number of alkyl halides is 3. The number of rotatable bonds is 3. The van der Waals surface area contributed by atoms with E-state index in [4.69, 9.17) is 0 Å². The van der Waals surface area contributed by atoms with Crippen LogP contribution < -0.4 is 5.32 Å². The molecule has 2 aromatic heterocycles. The van der Waals surface area contributed by atoms with Gasteiger partial charge in [0.2, 0.25) is 5.95 Å². The number of carbonyl (C=O) groups is 2. The van der Waals surface area contributed by atoms with Crippen LogP contribution in [-0.4, -0.2) is 33.9 Å². The molecule has 0 aliphatic rings. The monoisotopic (exact) mass is 364 g/mol. The number of halogens is 3. The second kappa shape index (κ2) is 6.47. The minimum atomic E-state index is -4.59. The number of nitrogens with zero attached hydrogens (tertiary/aromatic N) is 2. The Hall–Kier alpha value is -3.43. The van der Waals surface area contributed by atoms with Crippen LogP contribution in [0.2, 0.25) is 0 Å². The van der Waals surface area contributed by atoms with Crippen molar-refractivity contribution in [1.82, 2.24) is 15.0 Å². The fourth-order valence-corrected chi connectivity index (χ4v) is 2.24. The second-order valence-corrected chi connectivity index (χ2v) is 5.16. The summed E-state index contributed by atoms with van der Waals surface area (Å²) in [6, 6.07) is 6.49. The third kappa shape index (κ3) is 3.34. The SMILES string of the molecule is COC(=O)c1cccc2[nH]c(NC(=O)c3ccc(C(F)(F)F)nc3)nc12. The van der Waals surface area contributed by atoms with Crippen molar-refractivity contribution >= 4 is 28.9 Å². The van der Waals surface area contributed by atoms with Crippen LogP contribution in [0.4, 0.5) is 19.1 Å². The molecule has 0 unspecified atom stereocenters. The first-order valence-electron chi connectivity index (χ1n) is 7.21. The standard InChI is InChI=1S/C16H11F3N4O3/c1-26-14(25)9-3-2-4-10-12(9)22-15(21-10)23-13(24)8-5-6-11(20-7-8)16(17,18)19/h2-7H,1H3,(H2,21,22,23,24). The maximum absolute atomic E-state index is 12.5. The molecule has 134 valence electrons. The van der Waals surface area contributed by atoms with E-state index in [0.29, 0.717) is 17.1 Å². The van der Waals surface area contributed by atoms with Crippen molar-refractivity contribution in [2.75, 3.05) is 12.4 Å². The van der Waals surface area contributed by atoms with Gasteiger partial charge >= 0.3 is 12.1 Å². The van der Waals surface area contributed by atoms with Gasteiger partial charge in [-0.2, -0.15) is 13.2 Å². The Bertz CT molecular complexity index is 981. The lowest BCUT2D eigenvalue weighted by Gasteiger charge is -2.06. The van der Waals surface area contributed by atoms with Crippen molar-refractivity contribution in [3.8, 4) is 0 Å². The zero-order valence-corrected chi connectivity index (χ0v) is 13.2. The minimum absolute atomic E-state index is 0.0289. The number of H-pyrrole nitrogens is 1. The molecule has 1 aromatic carbocycles. The third-order valence-electron chi connectivity index (χ3n) is 3.47. The van der Waals surface area contributed by atoms with Gasteiger partial charge in [-0.3, -0.25) is 15.1 Å². The molecule has 0 saturated heterocycles. The molecule has 26 heavy (non-hydrogen) atoms. The smallest absolute Gasteiger partial charge is 0.433 e. The highest BCUT2D eigenvalue weighted by Gasteiger charge is 2.32. The quantitative estimate of drug-likeness (QED) is 0.697. The van der Waals surface area contributed by atoms with Gasteiger partial charge < -0.3 is 9.72 Å². The number of nitrogens with one attached hydrogen (secondary N) is 2. The van der Waals surface area contributed by atoms with Crippen LogP contribution in [0.25, 0.3) is 11.0 Å². The van der Waals surface area contributed by atoms with Crippen LogP contribution in [0.5, 0.6) is 0 Å². The van der Waals surface area contributed by atoms with Gasteiger partial charge in [-0.05, 0) is 24.3 Å². The summed E-state index contributed by atoms with van der Waals surface area (Å²) >= 11 is 0. The van der Waals surface area contributed by atoms with Gasteiger partial charge in [-0.25, -0.2) is 9.78 Å². The Morgan fingerprint density at radius 1 is 1.19 bits per heavy atom. The van der Waals surface area contributed by atoms with E-state index in [1.54, 1.807) is 12.1 Å². The summed E-state index contributed by atoms with van der Waals surface area (Å²) < 4.78 is 42.2. The summed E-state index contributed by atoms with van der Waals surface area (Å²) in [5.74, 6) is -1.27. The van der Waals surface area contributed by atoms with Crippen LogP contribution in [0, 0.1) is 0 Å². The average molecular weight is 364 g/mol. The summed E-state index contributed by atoms with van der Waals surface area (Å²) in [6.45, 7) is 0. The number of carbonyl (C=O) groups excluding carboxylic acids is 2. The molecular weight excluding hydrogens is 353 g/mol. The molecule has 0 spiro atoms. The number of imidazole rings is 1. The number of hydrogen-bond donors (Lipinski definition) is 2. The highest BCUT2D eigenvalue weighted by atomic mass is 19.4. The zero-order valence-electron chi connectivity index (χ0n) is 13.2. The van der Waals surface area contributed by atoms with Crippen molar-refractivity contribution in [3.63, 3.8) is 0 Å². The Balaban J connectivity index is 1.84. The molecule has 2 heterocycles. The fourth-order valence-electron chi connectivity index (χ4n) is 2.24. The maximum Gasteiger partial charge on any atom is 0.433 e. The number of aromatic nitrogens is 3. The van der Waals surface area contributed by atoms with Crippen LogP contribution in [0.1, 0.15) is 26.4 Å². The predicted octanol–water partition coefficient (Wildman–Crippen LogP) is 3.02. The number of aromatic amines is 1. The Kier molecular flexibility index (Phi) is 4.33. The zero-order chi connectivity index (χ0) is 18.9.